The second-order valence-corrected chi connectivity index (χ2v) is 7.86. The number of rotatable bonds is 5. The Bertz CT molecular complexity index is 1010. The molecule has 3 heterocycles. The van der Waals surface area contributed by atoms with Crippen LogP contribution in [0.3, 0.4) is 0 Å². The number of nitrogens with zero attached hydrogens (tertiary/aromatic N) is 2. The molecule has 4 N–H and O–H groups in total. The van der Waals surface area contributed by atoms with E-state index < -0.39 is 0 Å². The van der Waals surface area contributed by atoms with Gasteiger partial charge in [-0.1, -0.05) is 11.6 Å². The standard InChI is InChI=1S/C21H24ClFN6/c1-12-7-19(17(23)9-15(12)14-3-5-24-6-4-14)27-20-10-18(16(22)11-25-20)26-21-8-13(2)28-29-21/h7-11,14,24H,3-6H2,1-2H3,(H3,25,26,27,28,29). The van der Waals surface area contributed by atoms with Crippen LogP contribution in [0.15, 0.2) is 30.5 Å². The molecule has 0 bridgehead atoms. The van der Waals surface area contributed by atoms with Crippen LogP contribution < -0.4 is 16.0 Å². The Hall–Kier alpha value is -2.64. The van der Waals surface area contributed by atoms with Crippen LogP contribution in [-0.4, -0.2) is 28.3 Å². The van der Waals surface area contributed by atoms with E-state index in [0.29, 0.717) is 34.0 Å². The van der Waals surface area contributed by atoms with E-state index in [1.807, 2.05) is 26.0 Å². The molecule has 0 unspecified atom stereocenters. The molecule has 152 valence electrons. The van der Waals surface area contributed by atoms with Gasteiger partial charge in [0.2, 0.25) is 0 Å². The SMILES string of the molecule is Cc1cc(Nc2cc(Nc3cc(C)c(C4CCNCC4)cc3F)ncc2Cl)n[nH]1. The summed E-state index contributed by atoms with van der Waals surface area (Å²) in [5.74, 6) is 1.27. The third kappa shape index (κ3) is 4.52. The maximum Gasteiger partial charge on any atom is 0.152 e. The summed E-state index contributed by atoms with van der Waals surface area (Å²) in [7, 11) is 0. The molecule has 0 saturated carbocycles. The summed E-state index contributed by atoms with van der Waals surface area (Å²) in [6, 6.07) is 7.12. The molecule has 6 nitrogen and oxygen atoms in total. The summed E-state index contributed by atoms with van der Waals surface area (Å²) in [5, 5.41) is 17.0. The van der Waals surface area contributed by atoms with Crippen molar-refractivity contribution in [2.24, 2.45) is 0 Å². The van der Waals surface area contributed by atoms with Gasteiger partial charge >= 0.3 is 0 Å². The van der Waals surface area contributed by atoms with Gasteiger partial charge in [-0.25, -0.2) is 9.37 Å². The summed E-state index contributed by atoms with van der Waals surface area (Å²) < 4.78 is 14.8. The fourth-order valence-electron chi connectivity index (χ4n) is 3.73. The Morgan fingerprint density at radius 2 is 1.79 bits per heavy atom. The van der Waals surface area contributed by atoms with Crippen molar-refractivity contribution >= 4 is 34.6 Å². The molecule has 8 heteroatoms. The fraction of sp³-hybridized carbons (Fsp3) is 0.333. The predicted octanol–water partition coefficient (Wildman–Crippen LogP) is 5.17. The summed E-state index contributed by atoms with van der Waals surface area (Å²) in [5.41, 5.74) is 4.15. The lowest BCUT2D eigenvalue weighted by molar-refractivity contribution is 0.457. The van der Waals surface area contributed by atoms with Crippen molar-refractivity contribution in [1.29, 1.82) is 0 Å². The van der Waals surface area contributed by atoms with Gasteiger partial charge in [0, 0.05) is 17.8 Å². The molecule has 4 rings (SSSR count). The van der Waals surface area contributed by atoms with E-state index in [-0.39, 0.29) is 5.82 Å². The molecule has 2 aromatic heterocycles. The van der Waals surface area contributed by atoms with E-state index in [2.05, 4.69) is 31.1 Å². The van der Waals surface area contributed by atoms with Gasteiger partial charge in [-0.3, -0.25) is 5.10 Å². The first kappa shape index (κ1) is 19.7. The van der Waals surface area contributed by atoms with E-state index in [1.165, 1.54) is 6.20 Å². The quantitative estimate of drug-likeness (QED) is 0.463. The van der Waals surface area contributed by atoms with Crippen molar-refractivity contribution in [2.45, 2.75) is 32.6 Å². The molecule has 0 amide bonds. The second-order valence-electron chi connectivity index (χ2n) is 7.45. The van der Waals surface area contributed by atoms with Crippen LogP contribution in [0.2, 0.25) is 5.02 Å². The first-order chi connectivity index (χ1) is 14.0. The highest BCUT2D eigenvalue weighted by Gasteiger charge is 2.19. The Morgan fingerprint density at radius 1 is 1.03 bits per heavy atom. The highest BCUT2D eigenvalue weighted by molar-refractivity contribution is 6.33. The normalized spacial score (nSPS) is 14.8. The van der Waals surface area contributed by atoms with E-state index in [1.54, 1.807) is 12.1 Å². The highest BCUT2D eigenvalue weighted by atomic mass is 35.5. The molecular weight excluding hydrogens is 391 g/mol. The first-order valence-electron chi connectivity index (χ1n) is 9.72. The first-order valence-corrected chi connectivity index (χ1v) is 10.1. The molecule has 1 aromatic carbocycles. The lowest BCUT2D eigenvalue weighted by Gasteiger charge is -2.25. The number of anilines is 4. The Labute approximate surface area is 174 Å². The molecule has 1 saturated heterocycles. The average Bonchev–Trinajstić information content (AvgIpc) is 3.12. The fourth-order valence-corrected chi connectivity index (χ4v) is 3.88. The van der Waals surface area contributed by atoms with Crippen molar-refractivity contribution in [3.8, 4) is 0 Å². The molecule has 0 aliphatic carbocycles. The molecule has 1 aliphatic heterocycles. The van der Waals surface area contributed by atoms with E-state index in [4.69, 9.17) is 11.6 Å². The summed E-state index contributed by atoms with van der Waals surface area (Å²) >= 11 is 6.25. The van der Waals surface area contributed by atoms with Crippen LogP contribution in [0.1, 0.15) is 35.6 Å². The number of halogens is 2. The summed E-state index contributed by atoms with van der Waals surface area (Å²) in [4.78, 5) is 4.28. The van der Waals surface area contributed by atoms with Gasteiger partial charge < -0.3 is 16.0 Å². The van der Waals surface area contributed by atoms with Gasteiger partial charge in [0.25, 0.3) is 0 Å². The number of aromatic amines is 1. The number of benzene rings is 1. The van der Waals surface area contributed by atoms with Gasteiger partial charge in [-0.2, -0.15) is 5.10 Å². The Balaban J connectivity index is 1.55. The monoisotopic (exact) mass is 414 g/mol. The van der Waals surface area contributed by atoms with Gasteiger partial charge in [0.05, 0.1) is 22.6 Å². The number of aryl methyl sites for hydroxylation is 2. The predicted molar refractivity (Wildman–Crippen MR) is 115 cm³/mol. The number of aromatic nitrogens is 3. The number of hydrogen-bond acceptors (Lipinski definition) is 5. The van der Waals surface area contributed by atoms with Crippen LogP contribution in [0.4, 0.5) is 27.4 Å². The zero-order valence-corrected chi connectivity index (χ0v) is 17.2. The number of piperidine rings is 1. The van der Waals surface area contributed by atoms with Gasteiger partial charge in [0.15, 0.2) is 5.82 Å². The van der Waals surface area contributed by atoms with Crippen molar-refractivity contribution in [3.63, 3.8) is 0 Å². The number of pyridine rings is 1. The zero-order chi connectivity index (χ0) is 20.4. The molecular formula is C21H24ClFN6. The molecule has 29 heavy (non-hydrogen) atoms. The lowest BCUT2D eigenvalue weighted by Crippen LogP contribution is -2.27. The molecule has 0 spiro atoms. The van der Waals surface area contributed by atoms with Crippen molar-refractivity contribution in [3.05, 3.63) is 58.1 Å². The van der Waals surface area contributed by atoms with Crippen molar-refractivity contribution < 1.29 is 4.39 Å². The largest absolute Gasteiger partial charge is 0.338 e. The Morgan fingerprint density at radius 3 is 2.52 bits per heavy atom. The maximum absolute atomic E-state index is 14.8. The van der Waals surface area contributed by atoms with Gasteiger partial charge in [-0.05, 0) is 69.0 Å². The molecule has 1 aliphatic rings. The van der Waals surface area contributed by atoms with E-state index >= 15 is 0 Å². The van der Waals surface area contributed by atoms with Crippen molar-refractivity contribution in [2.75, 3.05) is 23.7 Å². The van der Waals surface area contributed by atoms with E-state index in [9.17, 15) is 4.39 Å². The van der Waals surface area contributed by atoms with Crippen LogP contribution in [0.5, 0.6) is 0 Å². The third-order valence-electron chi connectivity index (χ3n) is 5.22. The van der Waals surface area contributed by atoms with Crippen LogP contribution in [-0.2, 0) is 0 Å². The van der Waals surface area contributed by atoms with Crippen LogP contribution >= 0.6 is 11.6 Å². The molecule has 0 atom stereocenters. The Kier molecular flexibility index (Phi) is 5.69. The van der Waals surface area contributed by atoms with Crippen molar-refractivity contribution in [1.82, 2.24) is 20.5 Å². The van der Waals surface area contributed by atoms with Gasteiger partial charge in [0.1, 0.15) is 11.6 Å². The molecule has 3 aromatic rings. The summed E-state index contributed by atoms with van der Waals surface area (Å²) in [6.07, 6.45) is 3.60. The number of hydrogen-bond donors (Lipinski definition) is 4. The van der Waals surface area contributed by atoms with E-state index in [0.717, 1.165) is 42.8 Å². The lowest BCUT2D eigenvalue weighted by atomic mass is 9.87. The minimum absolute atomic E-state index is 0.279. The molecule has 0 radical (unpaired) electrons. The number of nitrogens with one attached hydrogen (secondary N) is 4. The van der Waals surface area contributed by atoms with Crippen LogP contribution in [0.25, 0.3) is 0 Å². The number of H-pyrrole nitrogens is 1. The zero-order valence-electron chi connectivity index (χ0n) is 16.4. The minimum atomic E-state index is -0.279. The summed E-state index contributed by atoms with van der Waals surface area (Å²) in [6.45, 7) is 5.90. The third-order valence-corrected chi connectivity index (χ3v) is 5.52. The molecule has 1 fully saturated rings. The average molecular weight is 415 g/mol. The van der Waals surface area contributed by atoms with Crippen LogP contribution in [0, 0.1) is 19.7 Å². The smallest absolute Gasteiger partial charge is 0.152 e. The second kappa shape index (κ2) is 8.39. The van der Waals surface area contributed by atoms with Gasteiger partial charge in [-0.15, -0.1) is 0 Å². The topological polar surface area (TPSA) is 77.7 Å². The minimum Gasteiger partial charge on any atom is -0.338 e. The highest BCUT2D eigenvalue weighted by Crippen LogP contribution is 2.33. The maximum atomic E-state index is 14.8.